The number of esters is 1. The molecule has 0 heterocycles. The van der Waals surface area contributed by atoms with Crippen LogP contribution in [0.1, 0.15) is 77.1 Å². The minimum absolute atomic E-state index is 0.220. The van der Waals surface area contributed by atoms with E-state index in [0.29, 0.717) is 18.4 Å². The SMILES string of the molecule is CCCN(C(=O)C(NC(=O)OC(C)(C)C)C(C)CC)C(C(=O)NCC(=O)OC)c1ccc(C)cc1C. The highest BCUT2D eigenvalue weighted by atomic mass is 16.6. The number of nitrogens with one attached hydrogen (secondary N) is 2. The maximum atomic E-state index is 14.0. The van der Waals surface area contributed by atoms with Crippen LogP contribution in [-0.4, -0.2) is 60.6 Å². The number of methoxy groups -OCH3 is 1. The molecule has 3 atom stereocenters. The van der Waals surface area contributed by atoms with Crippen LogP contribution in [0.25, 0.3) is 0 Å². The molecule has 0 fully saturated rings. The molecule has 0 bridgehead atoms. The van der Waals surface area contributed by atoms with Crippen LogP contribution in [0.4, 0.5) is 4.79 Å². The molecule has 3 amide bonds. The standard InChI is InChI=1S/C27H43N3O6/c1-10-14-30(25(33)22(18(4)11-2)29-26(34)36-27(6,7)8)23(24(32)28-16-21(31)35-9)20-13-12-17(3)15-19(20)5/h12-13,15,18,22-23H,10-11,14,16H2,1-9H3,(H,28,32)(H,29,34). The number of benzene rings is 1. The summed E-state index contributed by atoms with van der Waals surface area (Å²) in [5.41, 5.74) is 1.76. The maximum absolute atomic E-state index is 14.0. The van der Waals surface area contributed by atoms with Crippen molar-refractivity contribution in [3.63, 3.8) is 0 Å². The lowest BCUT2D eigenvalue weighted by atomic mass is 9.93. The number of hydrogen-bond donors (Lipinski definition) is 2. The molecular weight excluding hydrogens is 462 g/mol. The van der Waals surface area contributed by atoms with E-state index in [0.717, 1.165) is 11.1 Å². The van der Waals surface area contributed by atoms with Gasteiger partial charge >= 0.3 is 12.1 Å². The molecule has 1 rings (SSSR count). The van der Waals surface area contributed by atoms with Gasteiger partial charge in [0, 0.05) is 6.54 Å². The Hall–Kier alpha value is -3.10. The van der Waals surface area contributed by atoms with Crippen LogP contribution in [-0.2, 0) is 23.9 Å². The van der Waals surface area contributed by atoms with Crippen molar-refractivity contribution in [1.82, 2.24) is 15.5 Å². The Bertz CT molecular complexity index is 925. The summed E-state index contributed by atoms with van der Waals surface area (Å²) in [4.78, 5) is 53.3. The maximum Gasteiger partial charge on any atom is 0.408 e. The molecule has 0 aromatic heterocycles. The van der Waals surface area contributed by atoms with Crippen LogP contribution in [0.15, 0.2) is 18.2 Å². The van der Waals surface area contributed by atoms with Crippen molar-refractivity contribution in [3.8, 4) is 0 Å². The molecule has 2 N–H and O–H groups in total. The summed E-state index contributed by atoms with van der Waals surface area (Å²) in [6, 6.07) is 3.73. The molecule has 1 aromatic carbocycles. The molecule has 3 unspecified atom stereocenters. The molecule has 9 nitrogen and oxygen atoms in total. The first kappa shape index (κ1) is 30.9. The summed E-state index contributed by atoms with van der Waals surface area (Å²) in [7, 11) is 1.24. The molecule has 0 aliphatic heterocycles. The van der Waals surface area contributed by atoms with Gasteiger partial charge in [0.25, 0.3) is 0 Å². The minimum Gasteiger partial charge on any atom is -0.468 e. The number of aryl methyl sites for hydroxylation is 2. The van der Waals surface area contributed by atoms with Gasteiger partial charge in [-0.05, 0) is 58.1 Å². The van der Waals surface area contributed by atoms with Gasteiger partial charge in [-0.15, -0.1) is 0 Å². The highest BCUT2D eigenvalue weighted by molar-refractivity contribution is 5.93. The molecular formula is C27H43N3O6. The van der Waals surface area contributed by atoms with Gasteiger partial charge in [0.15, 0.2) is 0 Å². The highest BCUT2D eigenvalue weighted by Gasteiger charge is 2.38. The summed E-state index contributed by atoms with van der Waals surface area (Å²) in [5.74, 6) is -1.72. The van der Waals surface area contributed by atoms with E-state index in [1.54, 1.807) is 20.8 Å². The lowest BCUT2D eigenvalue weighted by Gasteiger charge is -2.36. The summed E-state index contributed by atoms with van der Waals surface area (Å²) in [5, 5.41) is 5.34. The van der Waals surface area contributed by atoms with Crippen LogP contribution in [0, 0.1) is 19.8 Å². The first-order valence-corrected chi connectivity index (χ1v) is 12.5. The smallest absolute Gasteiger partial charge is 0.408 e. The fourth-order valence-electron chi connectivity index (χ4n) is 3.81. The molecule has 0 saturated heterocycles. The Labute approximate surface area is 215 Å². The first-order valence-electron chi connectivity index (χ1n) is 12.5. The van der Waals surface area contributed by atoms with Gasteiger partial charge in [-0.2, -0.15) is 0 Å². The quantitative estimate of drug-likeness (QED) is 0.442. The number of rotatable bonds is 11. The second-order valence-corrected chi connectivity index (χ2v) is 10.1. The third-order valence-electron chi connectivity index (χ3n) is 5.81. The Morgan fingerprint density at radius 3 is 2.22 bits per heavy atom. The lowest BCUT2D eigenvalue weighted by molar-refractivity contribution is -0.145. The van der Waals surface area contributed by atoms with Crippen LogP contribution in [0.2, 0.25) is 0 Å². The zero-order valence-corrected chi connectivity index (χ0v) is 23.2. The number of amides is 3. The van der Waals surface area contributed by atoms with Gasteiger partial charge in [-0.25, -0.2) is 4.79 Å². The van der Waals surface area contributed by atoms with E-state index in [1.807, 2.05) is 52.8 Å². The molecule has 9 heteroatoms. The summed E-state index contributed by atoms with van der Waals surface area (Å²) in [6.07, 6.45) is 0.502. The summed E-state index contributed by atoms with van der Waals surface area (Å²) >= 11 is 0. The topological polar surface area (TPSA) is 114 Å². The monoisotopic (exact) mass is 505 g/mol. The number of carbonyl (C=O) groups excluding carboxylic acids is 4. The molecule has 0 radical (unpaired) electrons. The van der Waals surface area contributed by atoms with Gasteiger partial charge in [0.05, 0.1) is 7.11 Å². The Morgan fingerprint density at radius 1 is 1.08 bits per heavy atom. The largest absolute Gasteiger partial charge is 0.468 e. The second kappa shape index (κ2) is 13.8. The van der Waals surface area contributed by atoms with Gasteiger partial charge in [-0.3, -0.25) is 14.4 Å². The first-order chi connectivity index (χ1) is 16.7. The van der Waals surface area contributed by atoms with Gasteiger partial charge < -0.3 is 25.0 Å². The van der Waals surface area contributed by atoms with Gasteiger partial charge in [0.2, 0.25) is 11.8 Å². The zero-order chi connectivity index (χ0) is 27.6. The van der Waals surface area contributed by atoms with Crippen molar-refractivity contribution >= 4 is 23.9 Å². The number of hydrogen-bond acceptors (Lipinski definition) is 6. The van der Waals surface area contributed by atoms with Crippen molar-refractivity contribution in [2.45, 2.75) is 85.9 Å². The van der Waals surface area contributed by atoms with E-state index in [1.165, 1.54) is 12.0 Å². The third-order valence-corrected chi connectivity index (χ3v) is 5.81. The number of carbonyl (C=O) groups is 4. The van der Waals surface area contributed by atoms with E-state index in [4.69, 9.17) is 4.74 Å². The van der Waals surface area contributed by atoms with Crippen molar-refractivity contribution in [3.05, 3.63) is 34.9 Å². The van der Waals surface area contributed by atoms with E-state index in [2.05, 4.69) is 15.4 Å². The molecule has 0 aliphatic carbocycles. The van der Waals surface area contributed by atoms with Crippen molar-refractivity contribution in [2.24, 2.45) is 5.92 Å². The van der Waals surface area contributed by atoms with Gasteiger partial charge in [-0.1, -0.05) is 51.0 Å². The predicted molar refractivity (Wildman–Crippen MR) is 138 cm³/mol. The van der Waals surface area contributed by atoms with Crippen molar-refractivity contribution in [1.29, 1.82) is 0 Å². The third kappa shape index (κ3) is 9.17. The van der Waals surface area contributed by atoms with Crippen LogP contribution >= 0.6 is 0 Å². The average molecular weight is 506 g/mol. The number of ether oxygens (including phenoxy) is 2. The molecule has 0 spiro atoms. The van der Waals surface area contributed by atoms with Crippen molar-refractivity contribution in [2.75, 3.05) is 20.2 Å². The fraction of sp³-hybridized carbons (Fsp3) is 0.630. The molecule has 0 saturated carbocycles. The molecule has 0 aliphatic rings. The summed E-state index contributed by atoms with van der Waals surface area (Å²) < 4.78 is 10.1. The lowest BCUT2D eigenvalue weighted by Crippen LogP contribution is -2.55. The summed E-state index contributed by atoms with van der Waals surface area (Å²) in [6.45, 7) is 14.7. The molecule has 202 valence electrons. The normalized spacial score (nSPS) is 13.7. The number of alkyl carbamates (subject to hydrolysis) is 1. The van der Waals surface area contributed by atoms with E-state index in [-0.39, 0.29) is 19.0 Å². The van der Waals surface area contributed by atoms with E-state index >= 15 is 0 Å². The molecule has 36 heavy (non-hydrogen) atoms. The Morgan fingerprint density at radius 2 is 1.72 bits per heavy atom. The zero-order valence-electron chi connectivity index (χ0n) is 23.2. The highest BCUT2D eigenvalue weighted by Crippen LogP contribution is 2.28. The average Bonchev–Trinajstić information content (AvgIpc) is 2.79. The van der Waals surface area contributed by atoms with E-state index < -0.39 is 41.6 Å². The van der Waals surface area contributed by atoms with E-state index in [9.17, 15) is 19.2 Å². The number of nitrogens with zero attached hydrogens (tertiary/aromatic N) is 1. The van der Waals surface area contributed by atoms with Crippen LogP contribution < -0.4 is 10.6 Å². The Balaban J connectivity index is 3.51. The molecule has 1 aromatic rings. The van der Waals surface area contributed by atoms with Crippen LogP contribution in [0.5, 0.6) is 0 Å². The Kier molecular flexibility index (Phi) is 11.9. The second-order valence-electron chi connectivity index (χ2n) is 10.1. The van der Waals surface area contributed by atoms with Crippen molar-refractivity contribution < 1.29 is 28.7 Å². The predicted octanol–water partition coefficient (Wildman–Crippen LogP) is 3.81. The minimum atomic E-state index is -1.00. The van der Waals surface area contributed by atoms with Crippen LogP contribution in [0.3, 0.4) is 0 Å². The van der Waals surface area contributed by atoms with Gasteiger partial charge in [0.1, 0.15) is 24.2 Å². The fourth-order valence-corrected chi connectivity index (χ4v) is 3.81.